The maximum atomic E-state index is 14.0. The molecule has 0 aromatic heterocycles. The Kier molecular flexibility index (Phi) is 10.2. The number of nitrogens with one attached hydrogen (secondary N) is 1. The first-order chi connectivity index (χ1) is 18.1. The number of likely N-dealkylation sites (N-methyl/N-ethyl adjacent to an activating group) is 1. The van der Waals surface area contributed by atoms with E-state index < -0.39 is 28.5 Å². The largest absolute Gasteiger partial charge is 0.357 e. The lowest BCUT2D eigenvalue weighted by Crippen LogP contribution is -2.51. The van der Waals surface area contributed by atoms with Crippen molar-refractivity contribution in [1.82, 2.24) is 10.2 Å². The predicted molar refractivity (Wildman–Crippen MR) is 152 cm³/mol. The van der Waals surface area contributed by atoms with Gasteiger partial charge in [0.1, 0.15) is 12.6 Å². The molecule has 7 nitrogen and oxygen atoms in total. The number of rotatable bonds is 11. The fraction of sp³-hybridized carbons (Fsp3) is 0.286. The van der Waals surface area contributed by atoms with Gasteiger partial charge in [-0.15, -0.1) is 0 Å². The number of anilines is 1. The molecule has 0 aliphatic heterocycles. The summed E-state index contributed by atoms with van der Waals surface area (Å²) >= 11 is 12.3. The fourth-order valence-corrected chi connectivity index (χ4v) is 6.00. The lowest BCUT2D eigenvalue weighted by molar-refractivity contribution is -0.140. The highest BCUT2D eigenvalue weighted by Crippen LogP contribution is 2.29. The highest BCUT2D eigenvalue weighted by molar-refractivity contribution is 7.92. The molecule has 10 heteroatoms. The zero-order valence-electron chi connectivity index (χ0n) is 21.5. The zero-order valence-corrected chi connectivity index (χ0v) is 23.9. The van der Waals surface area contributed by atoms with Crippen molar-refractivity contribution in [2.24, 2.45) is 0 Å². The summed E-state index contributed by atoms with van der Waals surface area (Å²) in [5, 5.41) is 3.28. The van der Waals surface area contributed by atoms with Gasteiger partial charge in [0.25, 0.3) is 10.0 Å². The lowest BCUT2D eigenvalue weighted by Gasteiger charge is -2.33. The van der Waals surface area contributed by atoms with Crippen LogP contribution >= 0.6 is 23.2 Å². The second-order valence-electron chi connectivity index (χ2n) is 8.62. The van der Waals surface area contributed by atoms with Gasteiger partial charge in [0.05, 0.1) is 20.6 Å². The van der Waals surface area contributed by atoms with Crippen molar-refractivity contribution in [2.75, 3.05) is 17.9 Å². The Morgan fingerprint density at radius 1 is 0.921 bits per heavy atom. The lowest BCUT2D eigenvalue weighted by atomic mass is 10.1. The Bertz CT molecular complexity index is 1380. The van der Waals surface area contributed by atoms with E-state index in [0.29, 0.717) is 34.1 Å². The Morgan fingerprint density at radius 3 is 2.18 bits per heavy atom. The standard InChI is InChI=1S/C28H31Cl2N3O4S/c1-4-21-11-9-10-14-26(21)33(38(36,37)22-12-7-6-8-13-22)19-27(34)32(25(5-2)28(35)31-3)18-20-15-16-23(29)24(30)17-20/h6-17,25H,4-5,18-19H2,1-3H3,(H,31,35)/t25-/m1/s1. The molecule has 2 amide bonds. The van der Waals surface area contributed by atoms with E-state index >= 15 is 0 Å². The van der Waals surface area contributed by atoms with Crippen LogP contribution in [0, 0.1) is 0 Å². The predicted octanol–water partition coefficient (Wildman–Crippen LogP) is 5.30. The molecule has 3 aromatic carbocycles. The van der Waals surface area contributed by atoms with Crippen molar-refractivity contribution in [1.29, 1.82) is 0 Å². The highest BCUT2D eigenvalue weighted by Gasteiger charge is 2.34. The van der Waals surface area contributed by atoms with E-state index in [1.54, 1.807) is 55.5 Å². The van der Waals surface area contributed by atoms with Crippen LogP contribution in [0.3, 0.4) is 0 Å². The number of aryl methyl sites for hydroxylation is 1. The number of para-hydroxylation sites is 1. The van der Waals surface area contributed by atoms with Crippen LogP contribution in [0.2, 0.25) is 10.0 Å². The second kappa shape index (κ2) is 13.1. The summed E-state index contributed by atoms with van der Waals surface area (Å²) in [5.41, 5.74) is 1.84. The van der Waals surface area contributed by atoms with Crippen molar-refractivity contribution in [3.63, 3.8) is 0 Å². The monoisotopic (exact) mass is 575 g/mol. The van der Waals surface area contributed by atoms with Gasteiger partial charge in [-0.25, -0.2) is 8.42 Å². The Hall–Kier alpha value is -3.07. The van der Waals surface area contributed by atoms with Gasteiger partial charge in [-0.2, -0.15) is 0 Å². The van der Waals surface area contributed by atoms with Gasteiger partial charge in [0, 0.05) is 13.6 Å². The molecule has 3 aromatic rings. The van der Waals surface area contributed by atoms with Crippen molar-refractivity contribution in [2.45, 2.75) is 44.2 Å². The number of halogens is 2. The number of amides is 2. The number of hydrogen-bond donors (Lipinski definition) is 1. The van der Waals surface area contributed by atoms with Crippen LogP contribution in [0.5, 0.6) is 0 Å². The van der Waals surface area contributed by atoms with Gasteiger partial charge in [-0.1, -0.05) is 79.5 Å². The third-order valence-electron chi connectivity index (χ3n) is 6.22. The van der Waals surface area contributed by atoms with E-state index in [0.717, 1.165) is 9.87 Å². The first-order valence-corrected chi connectivity index (χ1v) is 14.4. The molecule has 0 radical (unpaired) electrons. The van der Waals surface area contributed by atoms with Crippen molar-refractivity contribution in [3.8, 4) is 0 Å². The van der Waals surface area contributed by atoms with E-state index in [2.05, 4.69) is 5.32 Å². The van der Waals surface area contributed by atoms with Crippen molar-refractivity contribution < 1.29 is 18.0 Å². The van der Waals surface area contributed by atoms with Gasteiger partial charge in [0.15, 0.2) is 0 Å². The molecular weight excluding hydrogens is 545 g/mol. The number of hydrogen-bond acceptors (Lipinski definition) is 4. The van der Waals surface area contributed by atoms with E-state index in [9.17, 15) is 18.0 Å². The Balaban J connectivity index is 2.09. The number of sulfonamides is 1. The summed E-state index contributed by atoms with van der Waals surface area (Å²) in [7, 11) is -2.62. The molecule has 0 saturated carbocycles. The maximum absolute atomic E-state index is 14.0. The summed E-state index contributed by atoms with van der Waals surface area (Å²) in [6.45, 7) is 3.25. The quantitative estimate of drug-likeness (QED) is 0.336. The van der Waals surface area contributed by atoms with E-state index in [1.807, 2.05) is 19.1 Å². The highest BCUT2D eigenvalue weighted by atomic mass is 35.5. The molecule has 0 bridgehead atoms. The van der Waals surface area contributed by atoms with E-state index in [1.165, 1.54) is 24.1 Å². The number of carbonyl (C=O) groups excluding carboxylic acids is 2. The minimum Gasteiger partial charge on any atom is -0.357 e. The molecule has 1 atom stereocenters. The summed E-state index contributed by atoms with van der Waals surface area (Å²) in [4.78, 5) is 28.2. The fourth-order valence-electron chi connectivity index (χ4n) is 4.21. The first kappa shape index (κ1) is 29.5. The molecule has 0 saturated heterocycles. The molecule has 0 unspecified atom stereocenters. The number of carbonyl (C=O) groups is 2. The number of nitrogens with zero attached hydrogens (tertiary/aromatic N) is 2. The SMILES string of the molecule is CCc1ccccc1N(CC(=O)N(Cc1ccc(Cl)c(Cl)c1)[C@H](CC)C(=O)NC)S(=O)(=O)c1ccccc1. The molecule has 0 fully saturated rings. The van der Waals surface area contributed by atoms with Gasteiger partial charge in [-0.05, 0) is 54.3 Å². The third kappa shape index (κ3) is 6.67. The molecule has 0 heterocycles. The van der Waals surface area contributed by atoms with Crippen LogP contribution in [0.4, 0.5) is 5.69 Å². The average molecular weight is 577 g/mol. The van der Waals surface area contributed by atoms with Crippen LogP contribution in [0.25, 0.3) is 0 Å². The molecule has 0 aliphatic carbocycles. The molecule has 3 rings (SSSR count). The van der Waals surface area contributed by atoms with Gasteiger partial charge >= 0.3 is 0 Å². The van der Waals surface area contributed by atoms with Gasteiger partial charge in [0.2, 0.25) is 11.8 Å². The summed E-state index contributed by atoms with van der Waals surface area (Å²) in [6, 6.07) is 19.2. The molecule has 0 aliphatic rings. The smallest absolute Gasteiger partial charge is 0.264 e. The number of benzene rings is 3. The molecule has 0 spiro atoms. The summed E-state index contributed by atoms with van der Waals surface area (Å²) < 4.78 is 28.9. The zero-order chi connectivity index (χ0) is 27.9. The molecule has 202 valence electrons. The van der Waals surface area contributed by atoms with Crippen LogP contribution in [0.1, 0.15) is 31.4 Å². The van der Waals surface area contributed by atoms with Crippen molar-refractivity contribution >= 4 is 50.7 Å². The topological polar surface area (TPSA) is 86.8 Å². The van der Waals surface area contributed by atoms with Crippen LogP contribution in [0.15, 0.2) is 77.7 Å². The van der Waals surface area contributed by atoms with Crippen LogP contribution < -0.4 is 9.62 Å². The van der Waals surface area contributed by atoms with Gasteiger partial charge in [-0.3, -0.25) is 13.9 Å². The van der Waals surface area contributed by atoms with E-state index in [4.69, 9.17) is 23.2 Å². The summed E-state index contributed by atoms with van der Waals surface area (Å²) in [6.07, 6.45) is 0.887. The van der Waals surface area contributed by atoms with Crippen LogP contribution in [-0.4, -0.2) is 44.8 Å². The minimum absolute atomic E-state index is 0.0380. The van der Waals surface area contributed by atoms with Crippen LogP contribution in [-0.2, 0) is 32.6 Å². The van der Waals surface area contributed by atoms with Crippen molar-refractivity contribution in [3.05, 3.63) is 94.0 Å². The Morgan fingerprint density at radius 2 is 1.58 bits per heavy atom. The van der Waals surface area contributed by atoms with E-state index in [-0.39, 0.29) is 17.3 Å². The normalized spacial score (nSPS) is 12.0. The molecule has 38 heavy (non-hydrogen) atoms. The molecular formula is C28H31Cl2N3O4S. The minimum atomic E-state index is -4.11. The first-order valence-electron chi connectivity index (χ1n) is 12.2. The Labute approximate surface area is 234 Å². The maximum Gasteiger partial charge on any atom is 0.264 e. The van der Waals surface area contributed by atoms with Gasteiger partial charge < -0.3 is 10.2 Å². The second-order valence-corrected chi connectivity index (χ2v) is 11.3. The third-order valence-corrected chi connectivity index (χ3v) is 8.73. The summed E-state index contributed by atoms with van der Waals surface area (Å²) in [5.74, 6) is -0.885. The molecule has 1 N–H and O–H groups in total. The average Bonchev–Trinajstić information content (AvgIpc) is 2.93.